The third-order valence-electron chi connectivity index (χ3n) is 4.24. The van der Waals surface area contributed by atoms with Crippen LogP contribution in [0.2, 0.25) is 5.02 Å². The number of halogens is 2. The lowest BCUT2D eigenvalue weighted by atomic mass is 9.98. The van der Waals surface area contributed by atoms with Gasteiger partial charge < -0.3 is 5.32 Å². The molecular weight excluding hydrogens is 347 g/mol. The SMILES string of the molecule is C=CCNC(=O)C1CCCn2c1nn(Cc1c(F)cccc1Cl)c2=O. The standard InChI is InChI=1S/C17H18ClFN4O2/c1-2-8-20-16(24)11-5-4-9-22-15(11)21-23(17(22)25)10-12-13(18)6-3-7-14(12)19/h2-3,6-7,11H,1,4-5,8-10H2,(H,20,24). The number of carbonyl (C=O) groups is 1. The van der Waals surface area contributed by atoms with Gasteiger partial charge in [0, 0.05) is 23.7 Å². The van der Waals surface area contributed by atoms with Crippen molar-refractivity contribution in [3.05, 3.63) is 63.6 Å². The molecule has 132 valence electrons. The van der Waals surface area contributed by atoms with Crippen molar-refractivity contribution in [3.63, 3.8) is 0 Å². The monoisotopic (exact) mass is 364 g/mol. The van der Waals surface area contributed by atoms with Gasteiger partial charge in [0.05, 0.1) is 12.5 Å². The highest BCUT2D eigenvalue weighted by Crippen LogP contribution is 2.25. The Labute approximate surface area is 148 Å². The Kier molecular flexibility index (Phi) is 5.03. The largest absolute Gasteiger partial charge is 0.352 e. The van der Waals surface area contributed by atoms with Gasteiger partial charge in [-0.05, 0) is 25.0 Å². The molecule has 0 spiro atoms. The van der Waals surface area contributed by atoms with Crippen molar-refractivity contribution in [1.29, 1.82) is 0 Å². The average Bonchev–Trinajstić information content (AvgIpc) is 2.92. The molecule has 1 aliphatic rings. The number of amides is 1. The molecule has 0 saturated carbocycles. The molecule has 1 aliphatic heterocycles. The van der Waals surface area contributed by atoms with Crippen LogP contribution in [-0.4, -0.2) is 26.8 Å². The van der Waals surface area contributed by atoms with E-state index in [9.17, 15) is 14.0 Å². The first-order chi connectivity index (χ1) is 12.0. The third kappa shape index (κ3) is 3.37. The van der Waals surface area contributed by atoms with Crippen LogP contribution in [0.4, 0.5) is 4.39 Å². The van der Waals surface area contributed by atoms with Gasteiger partial charge >= 0.3 is 5.69 Å². The van der Waals surface area contributed by atoms with Crippen molar-refractivity contribution in [1.82, 2.24) is 19.7 Å². The summed E-state index contributed by atoms with van der Waals surface area (Å²) in [7, 11) is 0. The highest BCUT2D eigenvalue weighted by atomic mass is 35.5. The Morgan fingerprint density at radius 2 is 2.32 bits per heavy atom. The molecule has 2 aromatic rings. The summed E-state index contributed by atoms with van der Waals surface area (Å²) in [6, 6.07) is 4.35. The number of benzene rings is 1. The van der Waals surface area contributed by atoms with E-state index in [2.05, 4.69) is 17.0 Å². The molecule has 3 rings (SSSR count). The number of aromatic nitrogens is 3. The number of nitrogens with zero attached hydrogens (tertiary/aromatic N) is 3. The first-order valence-electron chi connectivity index (χ1n) is 8.02. The second kappa shape index (κ2) is 7.23. The van der Waals surface area contributed by atoms with Gasteiger partial charge in [-0.15, -0.1) is 6.58 Å². The van der Waals surface area contributed by atoms with Crippen LogP contribution in [0.15, 0.2) is 35.6 Å². The van der Waals surface area contributed by atoms with Crippen molar-refractivity contribution >= 4 is 17.5 Å². The highest BCUT2D eigenvalue weighted by Gasteiger charge is 2.31. The summed E-state index contributed by atoms with van der Waals surface area (Å²) in [6.45, 7) is 4.33. The molecule has 1 N–H and O–H groups in total. The van der Waals surface area contributed by atoms with Crippen LogP contribution in [0.25, 0.3) is 0 Å². The zero-order chi connectivity index (χ0) is 18.0. The fourth-order valence-electron chi connectivity index (χ4n) is 2.99. The Balaban J connectivity index is 1.94. The fraction of sp³-hybridized carbons (Fsp3) is 0.353. The lowest BCUT2D eigenvalue weighted by Crippen LogP contribution is -2.35. The van der Waals surface area contributed by atoms with Crippen LogP contribution in [0, 0.1) is 5.82 Å². The van der Waals surface area contributed by atoms with Crippen molar-refractivity contribution in [2.24, 2.45) is 0 Å². The van der Waals surface area contributed by atoms with E-state index in [-0.39, 0.29) is 28.7 Å². The van der Waals surface area contributed by atoms with E-state index in [1.807, 2.05) is 0 Å². The zero-order valence-corrected chi connectivity index (χ0v) is 14.3. The number of hydrogen-bond donors (Lipinski definition) is 1. The Bertz CT molecular complexity index is 854. The molecule has 1 amide bonds. The minimum Gasteiger partial charge on any atom is -0.352 e. The molecule has 1 aromatic heterocycles. The lowest BCUT2D eigenvalue weighted by Gasteiger charge is -2.20. The first kappa shape index (κ1) is 17.4. The molecule has 1 unspecified atom stereocenters. The van der Waals surface area contributed by atoms with Crippen LogP contribution < -0.4 is 11.0 Å². The van der Waals surface area contributed by atoms with Gasteiger partial charge in [-0.3, -0.25) is 9.36 Å². The van der Waals surface area contributed by atoms with E-state index in [0.717, 1.165) is 0 Å². The van der Waals surface area contributed by atoms with E-state index >= 15 is 0 Å². The van der Waals surface area contributed by atoms with E-state index in [0.29, 0.717) is 31.8 Å². The molecule has 2 heterocycles. The maximum absolute atomic E-state index is 14.0. The van der Waals surface area contributed by atoms with Crippen molar-refractivity contribution in [2.75, 3.05) is 6.54 Å². The Morgan fingerprint density at radius 1 is 1.52 bits per heavy atom. The molecule has 0 bridgehead atoms. The van der Waals surface area contributed by atoms with E-state index in [1.165, 1.54) is 21.4 Å². The molecule has 0 radical (unpaired) electrons. The summed E-state index contributed by atoms with van der Waals surface area (Å²) in [6.07, 6.45) is 2.90. The highest BCUT2D eigenvalue weighted by molar-refractivity contribution is 6.31. The minimum atomic E-state index is -0.501. The summed E-state index contributed by atoms with van der Waals surface area (Å²) in [4.78, 5) is 24.9. The number of hydrogen-bond acceptors (Lipinski definition) is 3. The number of nitrogens with one attached hydrogen (secondary N) is 1. The molecule has 6 nitrogen and oxygen atoms in total. The summed E-state index contributed by atoms with van der Waals surface area (Å²) < 4.78 is 16.6. The van der Waals surface area contributed by atoms with E-state index in [4.69, 9.17) is 11.6 Å². The van der Waals surface area contributed by atoms with Gasteiger partial charge in [0.1, 0.15) is 11.6 Å². The quantitative estimate of drug-likeness (QED) is 0.826. The summed E-state index contributed by atoms with van der Waals surface area (Å²) in [5.41, 5.74) is -0.162. The molecule has 0 fully saturated rings. The van der Waals surface area contributed by atoms with Crippen LogP contribution in [0.3, 0.4) is 0 Å². The van der Waals surface area contributed by atoms with Gasteiger partial charge in [-0.1, -0.05) is 23.7 Å². The maximum atomic E-state index is 14.0. The zero-order valence-electron chi connectivity index (χ0n) is 13.5. The molecule has 0 aliphatic carbocycles. The van der Waals surface area contributed by atoms with Crippen molar-refractivity contribution in [3.8, 4) is 0 Å². The van der Waals surface area contributed by atoms with Crippen LogP contribution in [0.1, 0.15) is 30.1 Å². The van der Waals surface area contributed by atoms with Crippen LogP contribution >= 0.6 is 11.6 Å². The molecular formula is C17H18ClFN4O2. The Morgan fingerprint density at radius 3 is 3.04 bits per heavy atom. The Hall–Kier alpha value is -2.41. The predicted octanol–water partition coefficient (Wildman–Crippen LogP) is 2.07. The minimum absolute atomic E-state index is 0.0780. The van der Waals surface area contributed by atoms with Gasteiger partial charge in [0.2, 0.25) is 5.91 Å². The van der Waals surface area contributed by atoms with E-state index < -0.39 is 11.7 Å². The summed E-state index contributed by atoms with van der Waals surface area (Å²) >= 11 is 6.03. The second-order valence-corrected chi connectivity index (χ2v) is 6.29. The first-order valence-corrected chi connectivity index (χ1v) is 8.39. The molecule has 1 atom stereocenters. The molecule has 0 saturated heterocycles. The molecule has 1 aromatic carbocycles. The molecule has 8 heteroatoms. The summed E-state index contributed by atoms with van der Waals surface area (Å²) in [5, 5.41) is 7.26. The van der Waals surface area contributed by atoms with E-state index in [1.54, 1.807) is 12.1 Å². The maximum Gasteiger partial charge on any atom is 0.346 e. The number of rotatable bonds is 5. The fourth-order valence-corrected chi connectivity index (χ4v) is 3.21. The van der Waals surface area contributed by atoms with Gasteiger partial charge in [0.15, 0.2) is 0 Å². The molecule has 25 heavy (non-hydrogen) atoms. The van der Waals surface area contributed by atoms with Gasteiger partial charge in [-0.25, -0.2) is 13.9 Å². The normalized spacial score (nSPS) is 16.3. The van der Waals surface area contributed by atoms with Crippen molar-refractivity contribution < 1.29 is 9.18 Å². The summed E-state index contributed by atoms with van der Waals surface area (Å²) in [5.74, 6) is -0.781. The van der Waals surface area contributed by atoms with Crippen LogP contribution in [-0.2, 0) is 17.9 Å². The number of carbonyl (C=O) groups excluding carboxylic acids is 1. The average molecular weight is 365 g/mol. The predicted molar refractivity (Wildman–Crippen MR) is 92.2 cm³/mol. The third-order valence-corrected chi connectivity index (χ3v) is 4.60. The van der Waals surface area contributed by atoms with Crippen LogP contribution in [0.5, 0.6) is 0 Å². The van der Waals surface area contributed by atoms with Gasteiger partial charge in [0.25, 0.3) is 0 Å². The topological polar surface area (TPSA) is 68.9 Å². The van der Waals surface area contributed by atoms with Gasteiger partial charge in [-0.2, -0.15) is 5.10 Å². The lowest BCUT2D eigenvalue weighted by molar-refractivity contribution is -0.123. The number of fused-ring (bicyclic) bond motifs is 1. The smallest absolute Gasteiger partial charge is 0.346 e. The second-order valence-electron chi connectivity index (χ2n) is 5.88. The van der Waals surface area contributed by atoms with Crippen molar-refractivity contribution in [2.45, 2.75) is 31.8 Å².